The van der Waals surface area contributed by atoms with Crippen LogP contribution in [0.4, 0.5) is 11.4 Å². The first kappa shape index (κ1) is 19.6. The number of benzene rings is 2. The van der Waals surface area contributed by atoms with Crippen molar-refractivity contribution in [3.63, 3.8) is 0 Å². The number of nitro benzene ring substituents is 1. The molecular formula is C23H22N4O3. The molecule has 0 atom stereocenters. The molecule has 3 aromatic rings. The summed E-state index contributed by atoms with van der Waals surface area (Å²) >= 11 is 0. The van der Waals surface area contributed by atoms with Gasteiger partial charge in [0.2, 0.25) is 0 Å². The maximum absolute atomic E-state index is 12.8. The molecule has 152 valence electrons. The fraction of sp³-hybridized carbons (Fsp3) is 0.217. The highest BCUT2D eigenvalue weighted by atomic mass is 16.6. The Labute approximate surface area is 174 Å². The minimum absolute atomic E-state index is 0.0526. The van der Waals surface area contributed by atoms with Crippen LogP contribution in [0.25, 0.3) is 0 Å². The first-order chi connectivity index (χ1) is 14.6. The quantitative estimate of drug-likeness (QED) is 0.480. The first-order valence-corrected chi connectivity index (χ1v) is 9.94. The summed E-state index contributed by atoms with van der Waals surface area (Å²) in [5.74, 6) is -0.501. The number of carbonyl (C=O) groups excluding carboxylic acids is 1. The third-order valence-electron chi connectivity index (χ3n) is 5.19. The molecule has 0 unspecified atom stereocenters. The molecule has 4 rings (SSSR count). The fourth-order valence-corrected chi connectivity index (χ4v) is 3.68. The van der Waals surface area contributed by atoms with E-state index in [0.29, 0.717) is 17.7 Å². The maximum Gasteiger partial charge on any atom is 0.293 e. The van der Waals surface area contributed by atoms with Crippen LogP contribution in [0.3, 0.4) is 0 Å². The predicted molar refractivity (Wildman–Crippen MR) is 114 cm³/mol. The third kappa shape index (κ3) is 4.30. The minimum atomic E-state index is -0.501. The van der Waals surface area contributed by atoms with E-state index in [1.54, 1.807) is 18.2 Å². The van der Waals surface area contributed by atoms with Gasteiger partial charge in [0.1, 0.15) is 11.2 Å². The number of rotatable bonds is 5. The van der Waals surface area contributed by atoms with Crippen molar-refractivity contribution in [3.05, 3.63) is 99.7 Å². The van der Waals surface area contributed by atoms with Crippen LogP contribution in [-0.4, -0.2) is 28.5 Å². The molecular weight excluding hydrogens is 380 g/mol. The van der Waals surface area contributed by atoms with Crippen molar-refractivity contribution >= 4 is 17.3 Å². The Morgan fingerprint density at radius 3 is 2.47 bits per heavy atom. The van der Waals surface area contributed by atoms with Gasteiger partial charge in [0, 0.05) is 37.5 Å². The lowest BCUT2D eigenvalue weighted by Crippen LogP contribution is -2.22. The standard InChI is InChI=1S/C23H22N4O3/c28-23(19-11-12-20(21(16-19)27(29)30)25-13-6-7-14-25)24-22-10-4-5-15-26(22)17-18-8-2-1-3-9-18/h1-5,8-12,15-16H,6-7,13-14,17H2. The Morgan fingerprint density at radius 2 is 1.73 bits per heavy atom. The van der Waals surface area contributed by atoms with Gasteiger partial charge in [-0.2, -0.15) is 4.99 Å². The summed E-state index contributed by atoms with van der Waals surface area (Å²) in [5.41, 5.74) is 2.30. The highest BCUT2D eigenvalue weighted by Crippen LogP contribution is 2.31. The van der Waals surface area contributed by atoms with E-state index in [2.05, 4.69) is 4.99 Å². The second kappa shape index (κ2) is 8.73. The molecule has 0 bridgehead atoms. The molecule has 0 saturated carbocycles. The number of aromatic nitrogens is 1. The van der Waals surface area contributed by atoms with Crippen LogP contribution < -0.4 is 10.4 Å². The lowest BCUT2D eigenvalue weighted by atomic mass is 10.1. The number of pyridine rings is 1. The Morgan fingerprint density at radius 1 is 1.00 bits per heavy atom. The van der Waals surface area contributed by atoms with Crippen molar-refractivity contribution in [2.75, 3.05) is 18.0 Å². The normalized spacial score (nSPS) is 14.1. The summed E-state index contributed by atoms with van der Waals surface area (Å²) in [5, 5.41) is 11.6. The van der Waals surface area contributed by atoms with Gasteiger partial charge in [-0.05, 0) is 42.7 Å². The second-order valence-corrected chi connectivity index (χ2v) is 7.24. The summed E-state index contributed by atoms with van der Waals surface area (Å²) in [6.07, 6.45) is 3.89. The molecule has 0 spiro atoms. The first-order valence-electron chi connectivity index (χ1n) is 9.94. The molecule has 30 heavy (non-hydrogen) atoms. The largest absolute Gasteiger partial charge is 0.366 e. The zero-order chi connectivity index (χ0) is 20.9. The topological polar surface area (TPSA) is 80.7 Å². The maximum atomic E-state index is 12.8. The van der Waals surface area contributed by atoms with Crippen LogP contribution in [-0.2, 0) is 6.54 Å². The molecule has 7 nitrogen and oxygen atoms in total. The van der Waals surface area contributed by atoms with Crippen molar-refractivity contribution in [1.29, 1.82) is 0 Å². The average molecular weight is 402 g/mol. The fourth-order valence-electron chi connectivity index (χ4n) is 3.68. The van der Waals surface area contributed by atoms with Gasteiger partial charge in [-0.15, -0.1) is 0 Å². The summed E-state index contributed by atoms with van der Waals surface area (Å²) in [7, 11) is 0. The highest BCUT2D eigenvalue weighted by Gasteiger charge is 2.23. The molecule has 1 aromatic heterocycles. The van der Waals surface area contributed by atoms with Gasteiger partial charge in [0.15, 0.2) is 0 Å². The summed E-state index contributed by atoms with van der Waals surface area (Å²) in [6, 6.07) is 20.0. The van der Waals surface area contributed by atoms with Crippen molar-refractivity contribution < 1.29 is 9.72 Å². The lowest BCUT2D eigenvalue weighted by molar-refractivity contribution is -0.384. The third-order valence-corrected chi connectivity index (χ3v) is 5.19. The number of carbonyl (C=O) groups is 1. The van der Waals surface area contributed by atoms with Crippen molar-refractivity contribution in [2.24, 2.45) is 4.99 Å². The smallest absolute Gasteiger partial charge is 0.293 e. The van der Waals surface area contributed by atoms with Gasteiger partial charge >= 0.3 is 0 Å². The van der Waals surface area contributed by atoms with E-state index in [-0.39, 0.29) is 11.3 Å². The molecule has 1 aliphatic rings. The van der Waals surface area contributed by atoms with Gasteiger partial charge < -0.3 is 9.47 Å². The lowest BCUT2D eigenvalue weighted by Gasteiger charge is -2.17. The summed E-state index contributed by atoms with van der Waals surface area (Å²) in [4.78, 5) is 30.2. The van der Waals surface area contributed by atoms with Crippen LogP contribution in [0.15, 0.2) is 77.9 Å². The Hall–Kier alpha value is -3.74. The molecule has 1 aliphatic heterocycles. The number of hydrogen-bond acceptors (Lipinski definition) is 4. The molecule has 1 saturated heterocycles. The number of anilines is 1. The van der Waals surface area contributed by atoms with Gasteiger partial charge in [-0.3, -0.25) is 14.9 Å². The average Bonchev–Trinajstić information content (AvgIpc) is 3.30. The molecule has 1 amide bonds. The zero-order valence-electron chi connectivity index (χ0n) is 16.5. The molecule has 0 aliphatic carbocycles. The van der Waals surface area contributed by atoms with Crippen LogP contribution in [0.1, 0.15) is 28.8 Å². The van der Waals surface area contributed by atoms with E-state index in [1.807, 2.05) is 58.1 Å². The van der Waals surface area contributed by atoms with Crippen LogP contribution in [0.2, 0.25) is 0 Å². The van der Waals surface area contributed by atoms with E-state index in [1.165, 1.54) is 6.07 Å². The van der Waals surface area contributed by atoms with Gasteiger partial charge in [0.25, 0.3) is 11.6 Å². The molecule has 7 heteroatoms. The molecule has 0 radical (unpaired) electrons. The Kier molecular flexibility index (Phi) is 5.70. The van der Waals surface area contributed by atoms with E-state index < -0.39 is 10.8 Å². The highest BCUT2D eigenvalue weighted by molar-refractivity contribution is 5.96. The van der Waals surface area contributed by atoms with Crippen LogP contribution in [0, 0.1) is 10.1 Å². The zero-order valence-corrected chi connectivity index (χ0v) is 16.5. The molecule has 1 fully saturated rings. The SMILES string of the molecule is O=C(N=c1ccccn1Cc1ccccc1)c1ccc(N2CCCC2)c([N+](=O)[O-])c1. The van der Waals surface area contributed by atoms with Gasteiger partial charge in [-0.1, -0.05) is 36.4 Å². The molecule has 2 heterocycles. The number of amides is 1. The number of nitro groups is 1. The van der Waals surface area contributed by atoms with Gasteiger partial charge in [-0.25, -0.2) is 0 Å². The van der Waals surface area contributed by atoms with Gasteiger partial charge in [0.05, 0.1) is 4.92 Å². The summed E-state index contributed by atoms with van der Waals surface area (Å²) in [6.45, 7) is 2.16. The Bertz CT molecular complexity index is 1130. The molecule has 2 aromatic carbocycles. The monoisotopic (exact) mass is 402 g/mol. The van der Waals surface area contributed by atoms with Crippen LogP contribution in [0.5, 0.6) is 0 Å². The van der Waals surface area contributed by atoms with E-state index in [9.17, 15) is 14.9 Å². The number of nitrogens with zero attached hydrogens (tertiary/aromatic N) is 4. The summed E-state index contributed by atoms with van der Waals surface area (Å²) < 4.78 is 1.88. The predicted octanol–water partition coefficient (Wildman–Crippen LogP) is 3.79. The molecule has 0 N–H and O–H groups in total. The van der Waals surface area contributed by atoms with E-state index in [0.717, 1.165) is 31.5 Å². The second-order valence-electron chi connectivity index (χ2n) is 7.24. The van der Waals surface area contributed by atoms with E-state index in [4.69, 9.17) is 0 Å². The Balaban J connectivity index is 1.66. The van der Waals surface area contributed by atoms with Crippen molar-refractivity contribution in [3.8, 4) is 0 Å². The van der Waals surface area contributed by atoms with Crippen molar-refractivity contribution in [2.45, 2.75) is 19.4 Å². The van der Waals surface area contributed by atoms with E-state index >= 15 is 0 Å². The van der Waals surface area contributed by atoms with Crippen molar-refractivity contribution in [1.82, 2.24) is 4.57 Å². The van der Waals surface area contributed by atoms with Crippen LogP contribution >= 0.6 is 0 Å². The number of hydrogen-bond donors (Lipinski definition) is 0. The minimum Gasteiger partial charge on any atom is -0.366 e.